The first-order valence-electron chi connectivity index (χ1n) is 6.30. The Balaban J connectivity index is 2.15. The lowest BCUT2D eigenvalue weighted by Crippen LogP contribution is -2.05. The second-order valence-corrected chi connectivity index (χ2v) is 4.80. The molecule has 0 fully saturated rings. The van der Waals surface area contributed by atoms with Gasteiger partial charge in [0.05, 0.1) is 22.0 Å². The zero-order chi connectivity index (χ0) is 15.6. The number of carboxylic acid groups (broad SMARTS) is 1. The van der Waals surface area contributed by atoms with Gasteiger partial charge < -0.3 is 9.84 Å². The molecule has 0 spiro atoms. The lowest BCUT2D eigenvalue weighted by molar-refractivity contribution is 0.0692. The molecular formula is C14H14ClFN2O3. The topological polar surface area (TPSA) is 64.4 Å². The van der Waals surface area contributed by atoms with Crippen LogP contribution in [0, 0.1) is 5.82 Å². The highest BCUT2D eigenvalue weighted by Crippen LogP contribution is 2.23. The molecule has 0 aliphatic rings. The number of nitrogens with zero attached hydrogens (tertiary/aromatic N) is 2. The predicted octanol–water partition coefficient (Wildman–Crippen LogP) is 3.05. The van der Waals surface area contributed by atoms with Crippen molar-refractivity contribution in [2.45, 2.75) is 20.0 Å². The van der Waals surface area contributed by atoms with E-state index in [-0.39, 0.29) is 12.4 Å². The van der Waals surface area contributed by atoms with E-state index in [4.69, 9.17) is 21.4 Å². The molecule has 112 valence electrons. The summed E-state index contributed by atoms with van der Waals surface area (Å²) in [6.45, 7) is 2.06. The van der Waals surface area contributed by atoms with Crippen LogP contribution in [-0.4, -0.2) is 20.9 Å². The van der Waals surface area contributed by atoms with E-state index in [1.165, 1.54) is 6.07 Å². The van der Waals surface area contributed by atoms with E-state index >= 15 is 0 Å². The summed E-state index contributed by atoms with van der Waals surface area (Å²) in [6, 6.07) is 3.60. The standard InChI is InChI=1S/C14H14ClFN2O3/c1-3-11-13(15)12(18(2)17-11)7-21-8-4-5-9(14(19)20)10(16)6-8/h4-6H,3,7H2,1-2H3,(H,19,20). The third-order valence-corrected chi connectivity index (χ3v) is 3.49. The SMILES string of the molecule is CCc1nn(C)c(COc2ccc(C(=O)O)c(F)c2)c1Cl. The number of rotatable bonds is 5. The zero-order valence-corrected chi connectivity index (χ0v) is 12.3. The number of carbonyl (C=O) groups is 1. The molecule has 0 aliphatic carbocycles. The van der Waals surface area contributed by atoms with Crippen LogP contribution in [0.3, 0.4) is 0 Å². The molecule has 1 N–H and O–H groups in total. The quantitative estimate of drug-likeness (QED) is 0.921. The lowest BCUT2D eigenvalue weighted by atomic mass is 10.2. The Morgan fingerprint density at radius 3 is 2.76 bits per heavy atom. The smallest absolute Gasteiger partial charge is 0.338 e. The molecule has 1 aromatic heterocycles. The van der Waals surface area contributed by atoms with E-state index in [0.29, 0.717) is 17.1 Å². The first-order chi connectivity index (χ1) is 9.93. The maximum atomic E-state index is 13.5. The minimum atomic E-state index is -1.32. The van der Waals surface area contributed by atoms with Gasteiger partial charge in [0, 0.05) is 13.1 Å². The minimum Gasteiger partial charge on any atom is -0.487 e. The molecule has 1 aromatic carbocycles. The van der Waals surface area contributed by atoms with Crippen LogP contribution < -0.4 is 4.74 Å². The second kappa shape index (κ2) is 6.13. The van der Waals surface area contributed by atoms with Crippen LogP contribution in [0.15, 0.2) is 18.2 Å². The maximum Gasteiger partial charge on any atom is 0.338 e. The first-order valence-corrected chi connectivity index (χ1v) is 6.67. The van der Waals surface area contributed by atoms with Crippen molar-refractivity contribution in [2.24, 2.45) is 7.05 Å². The molecule has 1 heterocycles. The predicted molar refractivity (Wildman–Crippen MR) is 75.3 cm³/mol. The van der Waals surface area contributed by atoms with Gasteiger partial charge in [-0.25, -0.2) is 9.18 Å². The molecule has 0 radical (unpaired) electrons. The van der Waals surface area contributed by atoms with Gasteiger partial charge in [0.15, 0.2) is 0 Å². The van der Waals surface area contributed by atoms with Gasteiger partial charge in [-0.2, -0.15) is 5.10 Å². The van der Waals surface area contributed by atoms with E-state index in [0.717, 1.165) is 17.8 Å². The van der Waals surface area contributed by atoms with Crippen molar-refractivity contribution < 1.29 is 19.0 Å². The van der Waals surface area contributed by atoms with Crippen LogP contribution in [0.4, 0.5) is 4.39 Å². The van der Waals surface area contributed by atoms with E-state index in [9.17, 15) is 9.18 Å². The average Bonchev–Trinajstić information content (AvgIpc) is 2.71. The van der Waals surface area contributed by atoms with E-state index in [2.05, 4.69) is 5.10 Å². The highest BCUT2D eigenvalue weighted by molar-refractivity contribution is 6.31. The monoisotopic (exact) mass is 312 g/mol. The molecule has 2 aromatic rings. The summed E-state index contributed by atoms with van der Waals surface area (Å²) in [6.07, 6.45) is 0.703. The maximum absolute atomic E-state index is 13.5. The molecule has 0 amide bonds. The van der Waals surface area contributed by atoms with Crippen molar-refractivity contribution in [1.82, 2.24) is 9.78 Å². The largest absolute Gasteiger partial charge is 0.487 e. The third-order valence-electron chi connectivity index (χ3n) is 3.05. The fourth-order valence-corrected chi connectivity index (χ4v) is 2.24. The molecule has 7 heteroatoms. The number of aryl methyl sites for hydroxylation is 2. The van der Waals surface area contributed by atoms with Gasteiger partial charge >= 0.3 is 5.97 Å². The Kier molecular flexibility index (Phi) is 4.47. The fourth-order valence-electron chi connectivity index (χ4n) is 1.89. The number of benzene rings is 1. The molecule has 5 nitrogen and oxygen atoms in total. The number of halogens is 2. The number of hydrogen-bond acceptors (Lipinski definition) is 3. The van der Waals surface area contributed by atoms with Gasteiger partial charge in [-0.05, 0) is 18.6 Å². The number of carboxylic acids is 1. The zero-order valence-electron chi connectivity index (χ0n) is 11.6. The van der Waals surface area contributed by atoms with Crippen molar-refractivity contribution >= 4 is 17.6 Å². The fraction of sp³-hybridized carbons (Fsp3) is 0.286. The van der Waals surface area contributed by atoms with E-state index in [1.807, 2.05) is 6.92 Å². The third kappa shape index (κ3) is 3.16. The molecule has 2 rings (SSSR count). The van der Waals surface area contributed by atoms with Gasteiger partial charge in [-0.15, -0.1) is 0 Å². The summed E-state index contributed by atoms with van der Waals surface area (Å²) >= 11 is 6.18. The van der Waals surface area contributed by atoms with Crippen LogP contribution in [0.25, 0.3) is 0 Å². The number of ether oxygens (including phenoxy) is 1. The van der Waals surface area contributed by atoms with Crippen LogP contribution in [0.5, 0.6) is 5.75 Å². The van der Waals surface area contributed by atoms with Gasteiger partial charge in [0.1, 0.15) is 18.2 Å². The Hall–Kier alpha value is -2.08. The van der Waals surface area contributed by atoms with Crippen molar-refractivity contribution in [3.63, 3.8) is 0 Å². The highest BCUT2D eigenvalue weighted by Gasteiger charge is 2.15. The molecule has 21 heavy (non-hydrogen) atoms. The summed E-state index contributed by atoms with van der Waals surface area (Å²) in [5, 5.41) is 13.5. The number of aromatic carboxylic acids is 1. The van der Waals surface area contributed by atoms with Gasteiger partial charge in [0.2, 0.25) is 0 Å². The number of aromatic nitrogens is 2. The van der Waals surface area contributed by atoms with Crippen molar-refractivity contribution in [1.29, 1.82) is 0 Å². The second-order valence-electron chi connectivity index (χ2n) is 4.42. The minimum absolute atomic E-state index is 0.119. The Bertz CT molecular complexity index is 685. The van der Waals surface area contributed by atoms with Crippen LogP contribution >= 0.6 is 11.6 Å². The molecule has 0 aliphatic heterocycles. The lowest BCUT2D eigenvalue weighted by Gasteiger charge is -2.08. The van der Waals surface area contributed by atoms with Gasteiger partial charge in [0.25, 0.3) is 0 Å². The van der Waals surface area contributed by atoms with Crippen LogP contribution in [-0.2, 0) is 20.1 Å². The Morgan fingerprint density at radius 1 is 1.52 bits per heavy atom. The number of hydrogen-bond donors (Lipinski definition) is 1. The highest BCUT2D eigenvalue weighted by atomic mass is 35.5. The molecule has 0 saturated carbocycles. The summed E-state index contributed by atoms with van der Waals surface area (Å²) in [4.78, 5) is 10.7. The molecule has 0 atom stereocenters. The molecule has 0 saturated heterocycles. The van der Waals surface area contributed by atoms with E-state index in [1.54, 1.807) is 11.7 Å². The summed E-state index contributed by atoms with van der Waals surface area (Å²) < 4.78 is 20.6. The van der Waals surface area contributed by atoms with E-state index < -0.39 is 17.3 Å². The Morgan fingerprint density at radius 2 is 2.24 bits per heavy atom. The normalized spacial score (nSPS) is 10.7. The van der Waals surface area contributed by atoms with Crippen LogP contribution in [0.2, 0.25) is 5.02 Å². The molecular weight excluding hydrogens is 299 g/mol. The van der Waals surface area contributed by atoms with Gasteiger partial charge in [-0.1, -0.05) is 18.5 Å². The van der Waals surface area contributed by atoms with Crippen LogP contribution in [0.1, 0.15) is 28.7 Å². The summed E-state index contributed by atoms with van der Waals surface area (Å²) in [7, 11) is 1.75. The molecule has 0 bridgehead atoms. The summed E-state index contributed by atoms with van der Waals surface area (Å²) in [5.74, 6) is -1.93. The van der Waals surface area contributed by atoms with Gasteiger partial charge in [-0.3, -0.25) is 4.68 Å². The first kappa shape index (κ1) is 15.3. The molecule has 0 unspecified atom stereocenters. The average molecular weight is 313 g/mol. The van der Waals surface area contributed by atoms with Crippen molar-refractivity contribution in [3.8, 4) is 5.75 Å². The van der Waals surface area contributed by atoms with Crippen molar-refractivity contribution in [2.75, 3.05) is 0 Å². The Labute approximate surface area is 125 Å². The summed E-state index contributed by atoms with van der Waals surface area (Å²) in [5.41, 5.74) is 1.05. The van der Waals surface area contributed by atoms with Crippen molar-refractivity contribution in [3.05, 3.63) is 46.0 Å².